The Labute approximate surface area is 169 Å². The van der Waals surface area contributed by atoms with Crippen LogP contribution in [0.15, 0.2) is 48.5 Å². The van der Waals surface area contributed by atoms with Crippen LogP contribution in [0.2, 0.25) is 0 Å². The van der Waals surface area contributed by atoms with E-state index >= 15 is 0 Å². The first-order chi connectivity index (χ1) is 13.8. The molecule has 0 fully saturated rings. The minimum absolute atomic E-state index is 0.00264. The highest BCUT2D eigenvalue weighted by Crippen LogP contribution is 2.34. The molecule has 0 amide bonds. The van der Waals surface area contributed by atoms with Crippen molar-refractivity contribution in [1.82, 2.24) is 5.32 Å². The Balaban J connectivity index is 2.26. The molecule has 154 valence electrons. The number of benzene rings is 2. The Hall–Kier alpha value is -2.65. The maximum Gasteiger partial charge on any atom is 0.407 e. The Kier molecular flexibility index (Phi) is 7.98. The Morgan fingerprint density at radius 2 is 1.62 bits per heavy atom. The molecule has 0 heterocycles. The zero-order valence-electron chi connectivity index (χ0n) is 16.6. The van der Waals surface area contributed by atoms with Crippen LogP contribution >= 0.6 is 0 Å². The second-order valence-corrected chi connectivity index (χ2v) is 7.10. The lowest BCUT2D eigenvalue weighted by atomic mass is 9.97. The summed E-state index contributed by atoms with van der Waals surface area (Å²) in [6, 6.07) is 12.9. The van der Waals surface area contributed by atoms with E-state index in [0.29, 0.717) is 6.42 Å². The number of nitriles is 1. The molecule has 2 rings (SSSR count). The summed E-state index contributed by atoms with van der Waals surface area (Å²) in [5.41, 5.74) is 2.91. The molecule has 2 aromatic rings. The topological polar surface area (TPSA) is 52.9 Å². The number of ketones is 1. The standard InChI is InChI=1S/C23H25F3N2O/c1-3-5-20(21(29)6-4-15-27)28-22(23(24,25)26)19-13-11-18(12-14-19)17-9-7-16(2)8-10-17/h7-14,20,22,28H,3-6H2,1-2H3/t20-,22+/m0/s1. The molecule has 0 aromatic heterocycles. The third kappa shape index (κ3) is 6.43. The van der Waals surface area contributed by atoms with Crippen LogP contribution in [-0.2, 0) is 4.79 Å². The summed E-state index contributed by atoms with van der Waals surface area (Å²) in [6.45, 7) is 3.78. The molecule has 2 aromatic carbocycles. The van der Waals surface area contributed by atoms with Crippen molar-refractivity contribution in [2.24, 2.45) is 0 Å². The molecule has 0 bridgehead atoms. The molecule has 0 radical (unpaired) electrons. The van der Waals surface area contributed by atoms with Crippen LogP contribution in [0.4, 0.5) is 13.2 Å². The summed E-state index contributed by atoms with van der Waals surface area (Å²) in [6.07, 6.45) is -3.74. The van der Waals surface area contributed by atoms with Crippen molar-refractivity contribution in [3.05, 3.63) is 59.7 Å². The van der Waals surface area contributed by atoms with Crippen molar-refractivity contribution in [3.63, 3.8) is 0 Å². The normalized spacial score (nSPS) is 13.5. The van der Waals surface area contributed by atoms with Gasteiger partial charge in [0.1, 0.15) is 6.04 Å². The van der Waals surface area contributed by atoms with Crippen LogP contribution in [-0.4, -0.2) is 18.0 Å². The van der Waals surface area contributed by atoms with Crippen molar-refractivity contribution in [1.29, 1.82) is 5.26 Å². The first kappa shape index (κ1) is 22.6. The lowest BCUT2D eigenvalue weighted by molar-refractivity contribution is -0.160. The predicted octanol–water partition coefficient (Wildman–Crippen LogP) is 5.90. The minimum Gasteiger partial charge on any atom is -0.298 e. The molecular formula is C23H25F3N2O. The van der Waals surface area contributed by atoms with Gasteiger partial charge in [0.2, 0.25) is 0 Å². The van der Waals surface area contributed by atoms with E-state index in [4.69, 9.17) is 5.26 Å². The number of rotatable bonds is 9. The maximum atomic E-state index is 13.8. The van der Waals surface area contributed by atoms with Crippen molar-refractivity contribution in [2.75, 3.05) is 0 Å². The van der Waals surface area contributed by atoms with Crippen LogP contribution in [0.25, 0.3) is 11.1 Å². The summed E-state index contributed by atoms with van der Waals surface area (Å²) in [5.74, 6) is -0.362. The Morgan fingerprint density at radius 1 is 1.07 bits per heavy atom. The van der Waals surface area contributed by atoms with Gasteiger partial charge in [0.15, 0.2) is 5.78 Å². The van der Waals surface area contributed by atoms with Crippen molar-refractivity contribution in [3.8, 4) is 17.2 Å². The van der Waals surface area contributed by atoms with E-state index in [1.165, 1.54) is 12.1 Å². The van der Waals surface area contributed by atoms with Gasteiger partial charge in [-0.05, 0) is 30.0 Å². The predicted molar refractivity (Wildman–Crippen MR) is 107 cm³/mol. The molecule has 0 spiro atoms. The fourth-order valence-corrected chi connectivity index (χ4v) is 3.17. The fraction of sp³-hybridized carbons (Fsp3) is 0.391. The quantitative estimate of drug-likeness (QED) is 0.568. The molecule has 0 aliphatic heterocycles. The number of hydrogen-bond donors (Lipinski definition) is 1. The number of halogens is 3. The number of carbonyl (C=O) groups excluding carboxylic acids is 1. The molecule has 2 atom stereocenters. The van der Waals surface area contributed by atoms with E-state index in [1.807, 2.05) is 44.2 Å². The molecule has 0 aliphatic rings. The number of alkyl halides is 3. The van der Waals surface area contributed by atoms with Gasteiger partial charge in [-0.15, -0.1) is 0 Å². The molecular weight excluding hydrogens is 377 g/mol. The number of carbonyl (C=O) groups is 1. The van der Waals surface area contributed by atoms with E-state index in [-0.39, 0.29) is 30.6 Å². The van der Waals surface area contributed by atoms with E-state index < -0.39 is 18.3 Å². The number of nitrogens with one attached hydrogen (secondary N) is 1. The molecule has 29 heavy (non-hydrogen) atoms. The zero-order valence-corrected chi connectivity index (χ0v) is 16.6. The SMILES string of the molecule is CCC[C@H](N[C@H](c1ccc(-c2ccc(C)cc2)cc1)C(F)(F)F)C(=O)CCC#N. The molecule has 3 nitrogen and oxygen atoms in total. The highest BCUT2D eigenvalue weighted by molar-refractivity contribution is 5.84. The minimum atomic E-state index is -4.55. The zero-order chi connectivity index (χ0) is 21.4. The maximum absolute atomic E-state index is 13.8. The average molecular weight is 402 g/mol. The lowest BCUT2D eigenvalue weighted by Crippen LogP contribution is -2.44. The van der Waals surface area contributed by atoms with Gasteiger partial charge in [0.25, 0.3) is 0 Å². The molecule has 1 N–H and O–H groups in total. The largest absolute Gasteiger partial charge is 0.407 e. The van der Waals surface area contributed by atoms with Crippen LogP contribution in [0.1, 0.15) is 49.8 Å². The molecule has 6 heteroatoms. The first-order valence-electron chi connectivity index (χ1n) is 9.65. The van der Waals surface area contributed by atoms with Crippen LogP contribution in [0.3, 0.4) is 0 Å². The monoisotopic (exact) mass is 402 g/mol. The van der Waals surface area contributed by atoms with Gasteiger partial charge in [-0.3, -0.25) is 10.1 Å². The van der Waals surface area contributed by atoms with E-state index in [2.05, 4.69) is 5.32 Å². The van der Waals surface area contributed by atoms with Gasteiger partial charge in [-0.25, -0.2) is 0 Å². The highest BCUT2D eigenvalue weighted by Gasteiger charge is 2.42. The van der Waals surface area contributed by atoms with Gasteiger partial charge in [-0.1, -0.05) is 67.4 Å². The van der Waals surface area contributed by atoms with E-state index in [9.17, 15) is 18.0 Å². The Bertz CT molecular complexity index is 836. The van der Waals surface area contributed by atoms with Gasteiger partial charge in [0.05, 0.1) is 12.1 Å². The average Bonchev–Trinajstić information content (AvgIpc) is 2.69. The van der Waals surface area contributed by atoms with Crippen LogP contribution in [0.5, 0.6) is 0 Å². The smallest absolute Gasteiger partial charge is 0.298 e. The van der Waals surface area contributed by atoms with Crippen LogP contribution in [0, 0.1) is 18.3 Å². The van der Waals surface area contributed by atoms with Crippen molar-refractivity contribution >= 4 is 5.78 Å². The van der Waals surface area contributed by atoms with Crippen molar-refractivity contribution < 1.29 is 18.0 Å². The third-order valence-electron chi connectivity index (χ3n) is 4.77. The number of nitrogens with zero attached hydrogens (tertiary/aromatic N) is 1. The number of aryl methyl sites for hydroxylation is 1. The highest BCUT2D eigenvalue weighted by atomic mass is 19.4. The van der Waals surface area contributed by atoms with Gasteiger partial charge in [0, 0.05) is 12.8 Å². The lowest BCUT2D eigenvalue weighted by Gasteiger charge is -2.27. The van der Waals surface area contributed by atoms with Crippen molar-refractivity contribution in [2.45, 2.75) is 57.8 Å². The first-order valence-corrected chi connectivity index (χ1v) is 9.65. The van der Waals surface area contributed by atoms with Gasteiger partial charge < -0.3 is 0 Å². The van der Waals surface area contributed by atoms with E-state index in [0.717, 1.165) is 16.7 Å². The molecule has 0 unspecified atom stereocenters. The summed E-state index contributed by atoms with van der Waals surface area (Å²) >= 11 is 0. The summed E-state index contributed by atoms with van der Waals surface area (Å²) in [5, 5.41) is 11.2. The second kappa shape index (κ2) is 10.2. The third-order valence-corrected chi connectivity index (χ3v) is 4.77. The molecule has 0 aliphatic carbocycles. The van der Waals surface area contributed by atoms with Gasteiger partial charge in [-0.2, -0.15) is 18.4 Å². The molecule has 0 saturated carbocycles. The summed E-state index contributed by atoms with van der Waals surface area (Å²) in [4.78, 5) is 12.3. The van der Waals surface area contributed by atoms with Crippen LogP contribution < -0.4 is 5.32 Å². The van der Waals surface area contributed by atoms with Gasteiger partial charge >= 0.3 is 6.18 Å². The summed E-state index contributed by atoms with van der Waals surface area (Å²) < 4.78 is 41.3. The number of Topliss-reactive ketones (excluding diaryl/α,β-unsaturated/α-hetero) is 1. The fourth-order valence-electron chi connectivity index (χ4n) is 3.17. The van der Waals surface area contributed by atoms with E-state index in [1.54, 1.807) is 12.1 Å². The summed E-state index contributed by atoms with van der Waals surface area (Å²) in [7, 11) is 0. The second-order valence-electron chi connectivity index (χ2n) is 7.10. The molecule has 0 saturated heterocycles. The Morgan fingerprint density at radius 3 is 2.10 bits per heavy atom. The number of hydrogen-bond acceptors (Lipinski definition) is 3.